The molecule has 2 nitrogen and oxygen atoms in total. The number of benzene rings is 2. The third-order valence-corrected chi connectivity index (χ3v) is 2.23. The van der Waals surface area contributed by atoms with Crippen LogP contribution >= 0.6 is 0 Å². The zero-order chi connectivity index (χ0) is 11.9. The first-order valence-corrected chi connectivity index (χ1v) is 5.39. The molecule has 0 aliphatic heterocycles. The second kappa shape index (κ2) is 5.66. The summed E-state index contributed by atoms with van der Waals surface area (Å²) >= 11 is 0. The highest BCUT2D eigenvalue weighted by Gasteiger charge is 1.88. The largest absolute Gasteiger partial charge is 0.508 e. The third kappa shape index (κ3) is 3.61. The van der Waals surface area contributed by atoms with E-state index in [0.717, 1.165) is 11.3 Å². The van der Waals surface area contributed by atoms with Crippen LogP contribution in [0.4, 0.5) is 5.69 Å². The second-order valence-electron chi connectivity index (χ2n) is 3.57. The summed E-state index contributed by atoms with van der Waals surface area (Å²) in [4.78, 5) is 4.21. The van der Waals surface area contributed by atoms with E-state index in [0.29, 0.717) is 0 Å². The van der Waals surface area contributed by atoms with Gasteiger partial charge in [0.05, 0.1) is 5.69 Å². The Bertz CT molecular complexity index is 530. The smallest absolute Gasteiger partial charge is 0.117 e. The van der Waals surface area contributed by atoms with Crippen molar-refractivity contribution in [3.05, 3.63) is 66.2 Å². The van der Waals surface area contributed by atoms with Crippen molar-refractivity contribution in [1.82, 2.24) is 0 Å². The predicted molar refractivity (Wildman–Crippen MR) is 71.7 cm³/mol. The highest BCUT2D eigenvalue weighted by atomic mass is 16.3. The number of hydrogen-bond acceptors (Lipinski definition) is 2. The van der Waals surface area contributed by atoms with Crippen LogP contribution in [0.5, 0.6) is 5.75 Å². The van der Waals surface area contributed by atoms with Crippen LogP contribution in [0.1, 0.15) is 5.56 Å². The van der Waals surface area contributed by atoms with Crippen LogP contribution in [0.15, 0.2) is 65.7 Å². The molecule has 0 spiro atoms. The summed E-state index contributed by atoms with van der Waals surface area (Å²) in [6.07, 6.45) is 5.56. The minimum Gasteiger partial charge on any atom is -0.508 e. The molecule has 2 aromatic rings. The average Bonchev–Trinajstić information content (AvgIpc) is 2.36. The highest BCUT2D eigenvalue weighted by Crippen LogP contribution is 2.17. The minimum atomic E-state index is 0.228. The summed E-state index contributed by atoms with van der Waals surface area (Å²) in [5, 5.41) is 9.26. The Morgan fingerprint density at radius 2 is 1.76 bits per heavy atom. The number of phenolic OH excluding ortho intramolecular Hbond substituents is 1. The Kier molecular flexibility index (Phi) is 3.71. The molecular weight excluding hydrogens is 210 g/mol. The maximum absolute atomic E-state index is 9.26. The van der Waals surface area contributed by atoms with Gasteiger partial charge in [-0.25, -0.2) is 0 Å². The van der Waals surface area contributed by atoms with Crippen LogP contribution in [-0.2, 0) is 0 Å². The minimum absolute atomic E-state index is 0.228. The molecule has 2 heteroatoms. The average molecular weight is 223 g/mol. The molecule has 0 aliphatic carbocycles. The number of rotatable bonds is 3. The quantitative estimate of drug-likeness (QED) is 0.788. The van der Waals surface area contributed by atoms with E-state index in [-0.39, 0.29) is 5.75 Å². The van der Waals surface area contributed by atoms with Crippen molar-refractivity contribution in [2.24, 2.45) is 4.99 Å². The van der Waals surface area contributed by atoms with Gasteiger partial charge in [-0.3, -0.25) is 4.99 Å². The maximum Gasteiger partial charge on any atom is 0.117 e. The lowest BCUT2D eigenvalue weighted by atomic mass is 10.2. The van der Waals surface area contributed by atoms with Gasteiger partial charge >= 0.3 is 0 Å². The zero-order valence-corrected chi connectivity index (χ0v) is 9.32. The van der Waals surface area contributed by atoms with Gasteiger partial charge in [-0.2, -0.15) is 0 Å². The summed E-state index contributed by atoms with van der Waals surface area (Å²) in [5.41, 5.74) is 1.87. The summed E-state index contributed by atoms with van der Waals surface area (Å²) in [5.74, 6) is 0.228. The fraction of sp³-hybridized carbons (Fsp3) is 0. The molecule has 84 valence electrons. The topological polar surface area (TPSA) is 32.6 Å². The monoisotopic (exact) mass is 223 g/mol. The highest BCUT2D eigenvalue weighted by molar-refractivity contribution is 5.80. The SMILES string of the molecule is Oc1cccc(N=C/C=C\c2ccccc2)c1. The van der Waals surface area contributed by atoms with E-state index >= 15 is 0 Å². The Balaban J connectivity index is 2.01. The molecule has 1 N–H and O–H groups in total. The first-order chi connectivity index (χ1) is 8.34. The van der Waals surface area contributed by atoms with Gasteiger partial charge in [-0.15, -0.1) is 0 Å². The van der Waals surface area contributed by atoms with E-state index in [4.69, 9.17) is 0 Å². The molecule has 0 amide bonds. The lowest BCUT2D eigenvalue weighted by molar-refractivity contribution is 0.475. The standard InChI is InChI=1S/C15H13NO/c17-15-10-4-9-14(12-15)16-11-5-8-13-6-2-1-3-7-13/h1-12,17H/b8-5-,16-11?. The summed E-state index contributed by atoms with van der Waals surface area (Å²) in [6, 6.07) is 16.9. The first kappa shape index (κ1) is 11.1. The number of aliphatic imine (C=N–C) groups is 1. The van der Waals surface area contributed by atoms with Crippen molar-refractivity contribution < 1.29 is 5.11 Å². The van der Waals surface area contributed by atoms with E-state index in [1.165, 1.54) is 0 Å². The van der Waals surface area contributed by atoms with Crippen LogP contribution < -0.4 is 0 Å². The molecule has 0 saturated heterocycles. The second-order valence-corrected chi connectivity index (χ2v) is 3.57. The third-order valence-electron chi connectivity index (χ3n) is 2.23. The predicted octanol–water partition coefficient (Wildman–Crippen LogP) is 3.81. The Morgan fingerprint density at radius 3 is 2.53 bits per heavy atom. The van der Waals surface area contributed by atoms with Crippen LogP contribution in [0.2, 0.25) is 0 Å². The maximum atomic E-state index is 9.26. The number of allylic oxidation sites excluding steroid dienone is 1. The van der Waals surface area contributed by atoms with Crippen molar-refractivity contribution in [3.63, 3.8) is 0 Å². The van der Waals surface area contributed by atoms with Crippen molar-refractivity contribution in [2.45, 2.75) is 0 Å². The number of phenols is 1. The molecule has 0 aliphatic rings. The van der Waals surface area contributed by atoms with Crippen molar-refractivity contribution in [1.29, 1.82) is 0 Å². The molecule has 0 aromatic heterocycles. The van der Waals surface area contributed by atoms with E-state index in [1.807, 2.05) is 48.6 Å². The van der Waals surface area contributed by atoms with E-state index in [2.05, 4.69) is 4.99 Å². The fourth-order valence-corrected chi connectivity index (χ4v) is 1.42. The van der Waals surface area contributed by atoms with Gasteiger partial charge in [0, 0.05) is 12.3 Å². The number of aromatic hydroxyl groups is 1. The number of hydrogen-bond donors (Lipinski definition) is 1. The molecule has 0 saturated carbocycles. The van der Waals surface area contributed by atoms with E-state index < -0.39 is 0 Å². The molecule has 17 heavy (non-hydrogen) atoms. The molecular formula is C15H13NO. The van der Waals surface area contributed by atoms with Gasteiger partial charge in [0.15, 0.2) is 0 Å². The molecule has 0 heterocycles. The van der Waals surface area contributed by atoms with Gasteiger partial charge < -0.3 is 5.11 Å². The molecule has 2 rings (SSSR count). The Labute approximate surface area is 101 Å². The van der Waals surface area contributed by atoms with Gasteiger partial charge in [0.1, 0.15) is 5.75 Å². The molecule has 2 aromatic carbocycles. The molecule has 0 fully saturated rings. The fourth-order valence-electron chi connectivity index (χ4n) is 1.42. The van der Waals surface area contributed by atoms with Crippen molar-refractivity contribution in [3.8, 4) is 5.75 Å². The lowest BCUT2D eigenvalue weighted by Crippen LogP contribution is -1.70. The van der Waals surface area contributed by atoms with Crippen LogP contribution in [0.3, 0.4) is 0 Å². The lowest BCUT2D eigenvalue weighted by Gasteiger charge is -1.93. The van der Waals surface area contributed by atoms with E-state index in [9.17, 15) is 5.11 Å². The molecule has 0 atom stereocenters. The Morgan fingerprint density at radius 1 is 0.941 bits per heavy atom. The molecule has 0 unspecified atom stereocenters. The normalized spacial score (nSPS) is 11.3. The Hall–Kier alpha value is -2.35. The van der Waals surface area contributed by atoms with Crippen molar-refractivity contribution >= 4 is 18.0 Å². The first-order valence-electron chi connectivity index (χ1n) is 5.39. The van der Waals surface area contributed by atoms with Crippen molar-refractivity contribution in [2.75, 3.05) is 0 Å². The van der Waals surface area contributed by atoms with Gasteiger partial charge in [0.2, 0.25) is 0 Å². The summed E-state index contributed by atoms with van der Waals surface area (Å²) in [7, 11) is 0. The van der Waals surface area contributed by atoms with Crippen LogP contribution in [0, 0.1) is 0 Å². The van der Waals surface area contributed by atoms with Gasteiger partial charge in [-0.1, -0.05) is 42.5 Å². The summed E-state index contributed by atoms with van der Waals surface area (Å²) < 4.78 is 0. The van der Waals surface area contributed by atoms with E-state index in [1.54, 1.807) is 24.4 Å². The van der Waals surface area contributed by atoms with Gasteiger partial charge in [0.25, 0.3) is 0 Å². The van der Waals surface area contributed by atoms with Crippen LogP contribution in [0.25, 0.3) is 6.08 Å². The van der Waals surface area contributed by atoms with Gasteiger partial charge in [-0.05, 0) is 23.8 Å². The zero-order valence-electron chi connectivity index (χ0n) is 9.32. The molecule has 0 radical (unpaired) electrons. The summed E-state index contributed by atoms with van der Waals surface area (Å²) in [6.45, 7) is 0. The van der Waals surface area contributed by atoms with Crippen LogP contribution in [-0.4, -0.2) is 11.3 Å². The number of nitrogens with zero attached hydrogens (tertiary/aromatic N) is 1. The molecule has 0 bridgehead atoms.